The molecule has 0 spiro atoms. The van der Waals surface area contributed by atoms with Gasteiger partial charge in [0.15, 0.2) is 0 Å². The van der Waals surface area contributed by atoms with E-state index in [1.807, 2.05) is 6.08 Å². The summed E-state index contributed by atoms with van der Waals surface area (Å²) in [6.07, 6.45) is 97.9. The number of hydrogen-bond donors (Lipinski definition) is 3. The van der Waals surface area contributed by atoms with Crippen molar-refractivity contribution in [2.45, 2.75) is 431 Å². The Bertz CT molecular complexity index is 1420. The number of esters is 1. The van der Waals surface area contributed by atoms with E-state index in [0.29, 0.717) is 19.4 Å². The SMILES string of the molecule is CCCCCC/C=C\C/C=C\CCCCCCCCCC(=O)OCCCCCCCCCCCCCC/C=C\CCCCCCCCCCCCCCCCCCCC(=O)NC(CO)C(O)/C=C/CCCCCCCCCCCCCCCCC. The average Bonchev–Trinajstić information content (AvgIpc) is 3.50. The second-order valence-electron chi connectivity index (χ2n) is 26.3. The van der Waals surface area contributed by atoms with Crippen molar-refractivity contribution < 1.29 is 24.5 Å². The molecule has 0 saturated carbocycles. The van der Waals surface area contributed by atoms with Crippen molar-refractivity contribution in [2.75, 3.05) is 13.2 Å². The van der Waals surface area contributed by atoms with Gasteiger partial charge in [0, 0.05) is 12.8 Å². The number of carbonyl (C=O) groups excluding carboxylic acids is 2. The van der Waals surface area contributed by atoms with Crippen molar-refractivity contribution in [2.24, 2.45) is 0 Å². The van der Waals surface area contributed by atoms with Gasteiger partial charge in [-0.1, -0.05) is 364 Å². The molecule has 0 aliphatic rings. The minimum atomic E-state index is -0.843. The van der Waals surface area contributed by atoms with Crippen molar-refractivity contribution in [3.63, 3.8) is 0 Å². The summed E-state index contributed by atoms with van der Waals surface area (Å²) >= 11 is 0. The van der Waals surface area contributed by atoms with Gasteiger partial charge in [-0.2, -0.15) is 0 Å². The number of aliphatic hydroxyl groups is 2. The molecule has 6 nitrogen and oxygen atoms in total. The van der Waals surface area contributed by atoms with E-state index in [-0.39, 0.29) is 18.5 Å². The zero-order chi connectivity index (χ0) is 61.3. The molecule has 0 fully saturated rings. The Morgan fingerprint density at radius 1 is 0.329 bits per heavy atom. The summed E-state index contributed by atoms with van der Waals surface area (Å²) < 4.78 is 5.51. The van der Waals surface area contributed by atoms with Crippen LogP contribution < -0.4 is 5.32 Å². The number of unbranched alkanes of at least 4 members (excludes halogenated alkanes) is 55. The first kappa shape index (κ1) is 82.8. The summed E-state index contributed by atoms with van der Waals surface area (Å²) in [6.45, 7) is 4.92. The van der Waals surface area contributed by atoms with Gasteiger partial charge >= 0.3 is 5.97 Å². The summed E-state index contributed by atoms with van der Waals surface area (Å²) in [5.74, 6) is -0.0505. The molecule has 2 unspecified atom stereocenters. The molecule has 0 bridgehead atoms. The number of nitrogens with one attached hydrogen (secondary N) is 1. The molecule has 0 radical (unpaired) electrons. The third-order valence-electron chi connectivity index (χ3n) is 17.8. The molecule has 1 amide bonds. The van der Waals surface area contributed by atoms with Gasteiger partial charge in [-0.25, -0.2) is 0 Å². The molecule has 0 aromatic heterocycles. The number of allylic oxidation sites excluding steroid dienone is 7. The van der Waals surface area contributed by atoms with Crippen LogP contribution in [0.3, 0.4) is 0 Å². The highest BCUT2D eigenvalue weighted by Gasteiger charge is 2.18. The molecule has 0 heterocycles. The summed E-state index contributed by atoms with van der Waals surface area (Å²) in [5, 5.41) is 23.2. The molecule has 0 aliphatic heterocycles. The van der Waals surface area contributed by atoms with E-state index in [1.54, 1.807) is 6.08 Å². The van der Waals surface area contributed by atoms with Crippen LogP contribution in [-0.2, 0) is 14.3 Å². The molecular weight excluding hydrogens is 1040 g/mol. The standard InChI is InChI=1S/C79H149NO5/c1-3-5-7-9-11-13-15-17-19-21-41-45-49-53-57-61-65-69-73-79(84)85-74-70-66-62-58-54-50-46-42-38-36-34-32-30-28-26-24-22-23-25-27-29-31-33-35-37-40-44-48-52-56-60-64-68-72-78(83)80-76(75-81)77(82)71-67-63-59-55-51-47-43-39-20-18-16-14-12-10-8-6-4-2/h13,15,19,21,26,28,67,71,76-77,81-82H,3-12,14,16-18,20,22-25,27,29-66,68-70,72-75H2,1-2H3,(H,80,83)/b15-13-,21-19-,28-26-,71-67+. The van der Waals surface area contributed by atoms with Crippen molar-refractivity contribution in [1.82, 2.24) is 5.32 Å². The lowest BCUT2D eigenvalue weighted by atomic mass is 10.0. The Morgan fingerprint density at radius 2 is 0.588 bits per heavy atom. The van der Waals surface area contributed by atoms with Gasteiger partial charge in [0.05, 0.1) is 25.4 Å². The molecule has 0 saturated heterocycles. The van der Waals surface area contributed by atoms with Crippen LogP contribution in [0.1, 0.15) is 418 Å². The summed E-state index contributed by atoms with van der Waals surface area (Å²) in [5.41, 5.74) is 0. The predicted octanol–water partition coefficient (Wildman–Crippen LogP) is 25.2. The Balaban J connectivity index is 3.36. The molecule has 2 atom stereocenters. The molecule has 500 valence electrons. The van der Waals surface area contributed by atoms with Crippen molar-refractivity contribution in [1.29, 1.82) is 0 Å². The summed E-state index contributed by atoms with van der Waals surface area (Å²) in [6, 6.07) is -0.626. The van der Waals surface area contributed by atoms with E-state index in [2.05, 4.69) is 55.6 Å². The number of rotatable bonds is 72. The molecule has 85 heavy (non-hydrogen) atoms. The van der Waals surface area contributed by atoms with E-state index >= 15 is 0 Å². The van der Waals surface area contributed by atoms with Crippen LogP contribution in [0.5, 0.6) is 0 Å². The van der Waals surface area contributed by atoms with Crippen molar-refractivity contribution in [3.8, 4) is 0 Å². The fraction of sp³-hybridized carbons (Fsp3) is 0.873. The van der Waals surface area contributed by atoms with E-state index < -0.39 is 12.1 Å². The molecule has 0 aromatic carbocycles. The Kier molecular flexibility index (Phi) is 72.4. The largest absolute Gasteiger partial charge is 0.466 e. The summed E-state index contributed by atoms with van der Waals surface area (Å²) in [4.78, 5) is 24.6. The van der Waals surface area contributed by atoms with Gasteiger partial charge in [-0.15, -0.1) is 0 Å². The Hall–Kier alpha value is -2.18. The topological polar surface area (TPSA) is 95.9 Å². The van der Waals surface area contributed by atoms with Gasteiger partial charge < -0.3 is 20.3 Å². The first-order chi connectivity index (χ1) is 42.0. The molecule has 6 heteroatoms. The van der Waals surface area contributed by atoms with Crippen LogP contribution in [0.2, 0.25) is 0 Å². The maximum absolute atomic E-state index is 12.5. The highest BCUT2D eigenvalue weighted by Crippen LogP contribution is 2.19. The minimum Gasteiger partial charge on any atom is -0.466 e. The average molecular weight is 1190 g/mol. The lowest BCUT2D eigenvalue weighted by Crippen LogP contribution is -2.45. The predicted molar refractivity (Wildman–Crippen MR) is 375 cm³/mol. The first-order valence-electron chi connectivity index (χ1n) is 38.4. The van der Waals surface area contributed by atoms with Crippen LogP contribution in [0.4, 0.5) is 0 Å². The highest BCUT2D eigenvalue weighted by molar-refractivity contribution is 5.76. The van der Waals surface area contributed by atoms with Gasteiger partial charge in [-0.3, -0.25) is 9.59 Å². The fourth-order valence-electron chi connectivity index (χ4n) is 12.0. The molecule has 0 aliphatic carbocycles. The zero-order valence-electron chi connectivity index (χ0n) is 57.4. The second kappa shape index (κ2) is 74.3. The third kappa shape index (κ3) is 70.8. The maximum Gasteiger partial charge on any atom is 0.305 e. The van der Waals surface area contributed by atoms with E-state index in [4.69, 9.17) is 4.74 Å². The number of aliphatic hydroxyl groups excluding tert-OH is 2. The second-order valence-corrected chi connectivity index (χ2v) is 26.3. The molecule has 0 rings (SSSR count). The number of ether oxygens (including phenoxy) is 1. The van der Waals surface area contributed by atoms with Crippen LogP contribution in [0.15, 0.2) is 48.6 Å². The zero-order valence-corrected chi connectivity index (χ0v) is 57.4. The van der Waals surface area contributed by atoms with Gasteiger partial charge in [-0.05, 0) is 89.9 Å². The fourth-order valence-corrected chi connectivity index (χ4v) is 12.0. The number of hydrogen-bond acceptors (Lipinski definition) is 5. The van der Waals surface area contributed by atoms with E-state index in [1.165, 1.54) is 340 Å². The van der Waals surface area contributed by atoms with Crippen LogP contribution >= 0.6 is 0 Å². The normalized spacial score (nSPS) is 12.8. The highest BCUT2D eigenvalue weighted by atomic mass is 16.5. The third-order valence-corrected chi connectivity index (χ3v) is 17.8. The molecular formula is C79H149NO5. The van der Waals surface area contributed by atoms with Gasteiger partial charge in [0.2, 0.25) is 5.91 Å². The van der Waals surface area contributed by atoms with Gasteiger partial charge in [0.25, 0.3) is 0 Å². The van der Waals surface area contributed by atoms with E-state index in [9.17, 15) is 19.8 Å². The lowest BCUT2D eigenvalue weighted by molar-refractivity contribution is -0.143. The van der Waals surface area contributed by atoms with Crippen LogP contribution in [-0.4, -0.2) is 47.4 Å². The number of amides is 1. The monoisotopic (exact) mass is 1190 g/mol. The lowest BCUT2D eigenvalue weighted by Gasteiger charge is -2.20. The van der Waals surface area contributed by atoms with Crippen LogP contribution in [0.25, 0.3) is 0 Å². The molecule has 0 aromatic rings. The Labute approximate surface area is 531 Å². The van der Waals surface area contributed by atoms with E-state index in [0.717, 1.165) is 51.4 Å². The Morgan fingerprint density at radius 3 is 0.918 bits per heavy atom. The summed E-state index contributed by atoms with van der Waals surface area (Å²) in [7, 11) is 0. The van der Waals surface area contributed by atoms with Crippen LogP contribution in [0, 0.1) is 0 Å². The van der Waals surface area contributed by atoms with Gasteiger partial charge in [0.1, 0.15) is 0 Å². The van der Waals surface area contributed by atoms with Crippen molar-refractivity contribution in [3.05, 3.63) is 48.6 Å². The van der Waals surface area contributed by atoms with Crippen molar-refractivity contribution >= 4 is 11.9 Å². The number of carbonyl (C=O) groups is 2. The quantitative estimate of drug-likeness (QED) is 0.0320. The maximum atomic E-state index is 12.5. The minimum absolute atomic E-state index is 0.0114. The first-order valence-corrected chi connectivity index (χ1v) is 38.4. The molecule has 3 N–H and O–H groups in total. The smallest absolute Gasteiger partial charge is 0.305 e.